The number of carbonyl (C=O) groups excluding carboxylic acids is 3. The van der Waals surface area contributed by atoms with Gasteiger partial charge in [-0.2, -0.15) is 26.3 Å². The molecule has 0 aromatic heterocycles. The maximum atomic E-state index is 14.1. The van der Waals surface area contributed by atoms with Crippen molar-refractivity contribution in [2.45, 2.75) is 50.8 Å². The third-order valence-corrected chi connectivity index (χ3v) is 6.42. The number of hydrogen-bond acceptors (Lipinski definition) is 5. The predicted molar refractivity (Wildman–Crippen MR) is 130 cm³/mol. The summed E-state index contributed by atoms with van der Waals surface area (Å²) in [7, 11) is 0. The van der Waals surface area contributed by atoms with Crippen LogP contribution in [0.4, 0.5) is 36.4 Å². The number of halogens is 7. The molecule has 15 heteroatoms. The molecule has 0 fully saturated rings. The summed E-state index contributed by atoms with van der Waals surface area (Å²) < 4.78 is 91.9. The van der Waals surface area contributed by atoms with Crippen LogP contribution in [0.15, 0.2) is 47.5 Å². The maximum Gasteiger partial charge on any atom is 0.389 e. The van der Waals surface area contributed by atoms with Crippen LogP contribution in [0.1, 0.15) is 42.4 Å². The molecule has 0 radical (unpaired) electrons. The summed E-state index contributed by atoms with van der Waals surface area (Å²) in [5, 5.41) is 14.4. The van der Waals surface area contributed by atoms with E-state index in [-0.39, 0.29) is 28.1 Å². The summed E-state index contributed by atoms with van der Waals surface area (Å²) >= 11 is 0. The van der Waals surface area contributed by atoms with E-state index in [1.165, 1.54) is 30.3 Å². The molecule has 0 saturated carbocycles. The molecule has 41 heavy (non-hydrogen) atoms. The Labute approximate surface area is 228 Å². The van der Waals surface area contributed by atoms with Gasteiger partial charge in [-0.05, 0) is 25.0 Å². The lowest BCUT2D eigenvalue weighted by Crippen LogP contribution is -2.63. The molecular formula is C26H26F7N4O4+. The topological polar surface area (TPSA) is 136 Å². The Morgan fingerprint density at radius 3 is 2.17 bits per heavy atom. The lowest BCUT2D eigenvalue weighted by molar-refractivity contribution is -0.314. The second-order valence-corrected chi connectivity index (χ2v) is 9.37. The van der Waals surface area contributed by atoms with Gasteiger partial charge in [-0.25, -0.2) is 14.2 Å². The quantitative estimate of drug-likeness (QED) is 0.316. The first kappa shape index (κ1) is 31.7. The van der Waals surface area contributed by atoms with Crippen molar-refractivity contribution in [2.75, 3.05) is 5.32 Å². The van der Waals surface area contributed by atoms with Gasteiger partial charge in [0.15, 0.2) is 0 Å². The first-order chi connectivity index (χ1) is 19.1. The van der Waals surface area contributed by atoms with Gasteiger partial charge < -0.3 is 15.7 Å². The van der Waals surface area contributed by atoms with E-state index in [9.17, 15) is 50.2 Å². The van der Waals surface area contributed by atoms with Crippen molar-refractivity contribution in [1.82, 2.24) is 5.32 Å². The van der Waals surface area contributed by atoms with Crippen LogP contribution >= 0.6 is 0 Å². The molecule has 8 nitrogen and oxygen atoms in total. The molecule has 3 unspecified atom stereocenters. The molecule has 2 aromatic rings. The fourth-order valence-electron chi connectivity index (χ4n) is 4.47. The summed E-state index contributed by atoms with van der Waals surface area (Å²) in [6.07, 6.45) is -16.6. The minimum atomic E-state index is -4.80. The minimum Gasteiger partial charge on any atom is -0.392 e. The maximum absolute atomic E-state index is 14.1. The van der Waals surface area contributed by atoms with E-state index in [1.54, 1.807) is 0 Å². The van der Waals surface area contributed by atoms with Gasteiger partial charge in [-0.1, -0.05) is 30.3 Å². The van der Waals surface area contributed by atoms with Crippen LogP contribution in [0.2, 0.25) is 0 Å². The number of nitrogens with one attached hydrogen (secondary N) is 2. The molecule has 0 bridgehead atoms. The van der Waals surface area contributed by atoms with Crippen molar-refractivity contribution < 1.29 is 56.0 Å². The Kier molecular flexibility index (Phi) is 9.86. The van der Waals surface area contributed by atoms with Gasteiger partial charge in [-0.3, -0.25) is 15.3 Å². The number of alkyl halides is 6. The molecule has 6 N–H and O–H groups in total. The Balaban J connectivity index is 2.04. The number of anilines is 1. The summed E-state index contributed by atoms with van der Waals surface area (Å²) in [6, 6.07) is 9.47. The Morgan fingerprint density at radius 1 is 1.00 bits per heavy atom. The molecule has 0 spiro atoms. The minimum absolute atomic E-state index is 0.0350. The largest absolute Gasteiger partial charge is 0.392 e. The number of rotatable bonds is 10. The van der Waals surface area contributed by atoms with Crippen LogP contribution < -0.4 is 16.4 Å². The fraction of sp³-hybridized carbons (Fsp3) is 0.385. The van der Waals surface area contributed by atoms with Crippen LogP contribution in [0.3, 0.4) is 0 Å². The van der Waals surface area contributed by atoms with Gasteiger partial charge in [0.2, 0.25) is 12.1 Å². The standard InChI is InChI=1S/C26H25F7N4O4/c27-15-5-1-3-13(11-15)19-18-6-2-4-14(12-38)20(18)36-24(41)22(35-19)37-23(40)17(8-10-26(31,32)33)16(21(34)39)7-9-25(28,29)30/h1-6,11,16-17,22,38H,7-10,12H2,(H2,34,39)(H,36,41)(H,37,40)/p+1. The Morgan fingerprint density at radius 2 is 1.61 bits per heavy atom. The number of carbonyl (C=O) groups is 3. The average Bonchev–Trinajstić information content (AvgIpc) is 3.00. The third-order valence-electron chi connectivity index (χ3n) is 6.42. The van der Waals surface area contributed by atoms with Crippen molar-refractivity contribution in [3.8, 4) is 0 Å². The highest BCUT2D eigenvalue weighted by atomic mass is 19.4. The van der Waals surface area contributed by atoms with Crippen molar-refractivity contribution in [1.29, 1.82) is 0 Å². The highest BCUT2D eigenvalue weighted by molar-refractivity contribution is 6.20. The number of aliphatic imine (C=N–C) groups is 1. The average molecular weight is 592 g/mol. The SMILES string of the molecule is [NH3+]C(=O)C(CCC(F)(F)F)C(CCC(F)(F)F)C(=O)NC1N=C(c2cccc(F)c2)c2cccc(CO)c2NC1=O. The molecule has 3 amide bonds. The summed E-state index contributed by atoms with van der Waals surface area (Å²) in [5.74, 6) is -7.95. The van der Waals surface area contributed by atoms with Crippen molar-refractivity contribution in [3.05, 3.63) is 65.0 Å². The van der Waals surface area contributed by atoms with Gasteiger partial charge in [0.1, 0.15) is 5.82 Å². The molecule has 1 aliphatic rings. The van der Waals surface area contributed by atoms with Gasteiger partial charge in [0, 0.05) is 29.5 Å². The molecule has 1 heterocycles. The van der Waals surface area contributed by atoms with Crippen LogP contribution in [-0.4, -0.2) is 47.1 Å². The summed E-state index contributed by atoms with van der Waals surface area (Å²) in [4.78, 5) is 42.7. The number of aliphatic hydroxyl groups is 1. The second-order valence-electron chi connectivity index (χ2n) is 9.37. The zero-order valence-corrected chi connectivity index (χ0v) is 21.3. The first-order valence-electron chi connectivity index (χ1n) is 12.3. The zero-order valence-electron chi connectivity index (χ0n) is 21.3. The van der Waals surface area contributed by atoms with Crippen molar-refractivity contribution in [2.24, 2.45) is 16.8 Å². The molecule has 0 saturated heterocycles. The number of amides is 3. The fourth-order valence-corrected chi connectivity index (χ4v) is 4.47. The predicted octanol–water partition coefficient (Wildman–Crippen LogP) is 3.24. The van der Waals surface area contributed by atoms with Crippen molar-refractivity contribution in [3.63, 3.8) is 0 Å². The number of para-hydroxylation sites is 1. The zero-order chi connectivity index (χ0) is 30.5. The van der Waals surface area contributed by atoms with E-state index in [1.807, 2.05) is 0 Å². The highest BCUT2D eigenvalue weighted by Crippen LogP contribution is 2.33. The number of hydrogen-bond donors (Lipinski definition) is 4. The second kappa shape index (κ2) is 12.8. The summed E-state index contributed by atoms with van der Waals surface area (Å²) in [6.45, 7) is -0.539. The van der Waals surface area contributed by atoms with Crippen LogP contribution in [-0.2, 0) is 21.0 Å². The van der Waals surface area contributed by atoms with E-state index in [0.717, 1.165) is 12.1 Å². The Hall–Kier alpha value is -3.85. The van der Waals surface area contributed by atoms with Gasteiger partial charge in [0.25, 0.3) is 5.91 Å². The normalized spacial score (nSPS) is 17.0. The number of fused-ring (bicyclic) bond motifs is 1. The van der Waals surface area contributed by atoms with E-state index >= 15 is 0 Å². The van der Waals surface area contributed by atoms with E-state index in [4.69, 9.17) is 0 Å². The summed E-state index contributed by atoms with van der Waals surface area (Å²) in [5.41, 5.74) is 3.66. The lowest BCUT2D eigenvalue weighted by Gasteiger charge is -2.25. The number of nitrogens with zero attached hydrogens (tertiary/aromatic N) is 1. The molecule has 3 atom stereocenters. The van der Waals surface area contributed by atoms with Crippen LogP contribution in [0.5, 0.6) is 0 Å². The van der Waals surface area contributed by atoms with Crippen LogP contribution in [0, 0.1) is 17.7 Å². The number of benzene rings is 2. The molecule has 3 rings (SSSR count). The number of aliphatic hydroxyl groups excluding tert-OH is 1. The third kappa shape index (κ3) is 8.57. The monoisotopic (exact) mass is 591 g/mol. The first-order valence-corrected chi connectivity index (χ1v) is 12.3. The van der Waals surface area contributed by atoms with E-state index in [0.29, 0.717) is 0 Å². The molecular weight excluding hydrogens is 565 g/mol. The molecule has 2 aromatic carbocycles. The van der Waals surface area contributed by atoms with Gasteiger partial charge >= 0.3 is 18.3 Å². The highest BCUT2D eigenvalue weighted by Gasteiger charge is 2.42. The lowest BCUT2D eigenvalue weighted by atomic mass is 9.83. The number of quaternary nitrogens is 1. The van der Waals surface area contributed by atoms with Gasteiger partial charge in [-0.15, -0.1) is 0 Å². The van der Waals surface area contributed by atoms with Gasteiger partial charge in [0.05, 0.1) is 29.8 Å². The molecule has 0 aliphatic carbocycles. The number of benzodiazepines with no additional fused rings is 1. The van der Waals surface area contributed by atoms with E-state index in [2.05, 4.69) is 21.4 Å². The molecule has 1 aliphatic heterocycles. The smallest absolute Gasteiger partial charge is 0.389 e. The Bertz CT molecular complexity index is 1330. The molecule has 222 valence electrons. The van der Waals surface area contributed by atoms with E-state index < -0.39 is 86.2 Å². The van der Waals surface area contributed by atoms with Crippen LogP contribution in [0.25, 0.3) is 0 Å². The van der Waals surface area contributed by atoms with Crippen molar-refractivity contribution >= 4 is 29.1 Å².